The van der Waals surface area contributed by atoms with Crippen molar-refractivity contribution in [2.45, 2.75) is 25.8 Å². The predicted octanol–water partition coefficient (Wildman–Crippen LogP) is 4.13. The van der Waals surface area contributed by atoms with Crippen LogP contribution in [0.1, 0.15) is 29.5 Å². The van der Waals surface area contributed by atoms with Gasteiger partial charge in [-0.1, -0.05) is 48.5 Å². The molecule has 150 valence electrons. The fourth-order valence-corrected chi connectivity index (χ4v) is 4.03. The van der Waals surface area contributed by atoms with Gasteiger partial charge in [0.05, 0.1) is 13.0 Å². The van der Waals surface area contributed by atoms with Gasteiger partial charge < -0.3 is 10.1 Å². The summed E-state index contributed by atoms with van der Waals surface area (Å²) in [6.07, 6.45) is 1.09. The lowest BCUT2D eigenvalue weighted by atomic mass is 9.97. The summed E-state index contributed by atoms with van der Waals surface area (Å²) in [5, 5.41) is 5.35. The maximum atomic E-state index is 12.7. The van der Waals surface area contributed by atoms with Crippen molar-refractivity contribution < 1.29 is 9.53 Å². The molecule has 1 atom stereocenters. The minimum Gasteiger partial charge on any atom is -0.497 e. The Morgan fingerprint density at radius 1 is 1.07 bits per heavy atom. The summed E-state index contributed by atoms with van der Waals surface area (Å²) in [5.41, 5.74) is 3.90. The molecule has 0 aromatic heterocycles. The summed E-state index contributed by atoms with van der Waals surface area (Å²) >= 11 is 0. The minimum atomic E-state index is -0.177. The summed E-state index contributed by atoms with van der Waals surface area (Å²) in [6, 6.07) is 20.8. The van der Waals surface area contributed by atoms with Crippen molar-refractivity contribution in [2.75, 3.05) is 26.7 Å². The van der Waals surface area contributed by atoms with E-state index < -0.39 is 0 Å². The van der Waals surface area contributed by atoms with Crippen LogP contribution in [-0.4, -0.2) is 37.6 Å². The molecule has 0 spiro atoms. The van der Waals surface area contributed by atoms with Crippen molar-refractivity contribution in [3.63, 3.8) is 0 Å². The van der Waals surface area contributed by atoms with Gasteiger partial charge in [0, 0.05) is 26.2 Å². The average molecular weight is 389 g/mol. The molecule has 29 heavy (non-hydrogen) atoms. The lowest BCUT2D eigenvalue weighted by Gasteiger charge is -2.28. The van der Waals surface area contributed by atoms with Crippen LogP contribution in [0.2, 0.25) is 0 Å². The summed E-state index contributed by atoms with van der Waals surface area (Å²) in [6.45, 7) is 5.55. The van der Waals surface area contributed by atoms with Crippen LogP contribution in [0.25, 0.3) is 10.8 Å². The molecule has 4 heteroatoms. The van der Waals surface area contributed by atoms with E-state index in [4.69, 9.17) is 4.74 Å². The Labute approximate surface area is 172 Å². The van der Waals surface area contributed by atoms with Crippen LogP contribution >= 0.6 is 0 Å². The van der Waals surface area contributed by atoms with Gasteiger partial charge in [-0.05, 0) is 52.9 Å². The van der Waals surface area contributed by atoms with Gasteiger partial charge in [-0.2, -0.15) is 0 Å². The maximum absolute atomic E-state index is 12.7. The molecule has 0 saturated heterocycles. The number of benzene rings is 3. The first kappa shape index (κ1) is 19.5. The Morgan fingerprint density at radius 3 is 2.66 bits per heavy atom. The lowest BCUT2D eigenvalue weighted by molar-refractivity contribution is -0.122. The zero-order chi connectivity index (χ0) is 20.2. The first-order valence-corrected chi connectivity index (χ1v) is 10.3. The Bertz CT molecular complexity index is 1010. The Morgan fingerprint density at radius 2 is 1.83 bits per heavy atom. The summed E-state index contributed by atoms with van der Waals surface area (Å²) in [4.78, 5) is 15.1. The number of hydrogen-bond acceptors (Lipinski definition) is 3. The normalized spacial score (nSPS) is 15.0. The highest BCUT2D eigenvalue weighted by molar-refractivity contribution is 5.88. The van der Waals surface area contributed by atoms with Gasteiger partial charge in [0.15, 0.2) is 0 Å². The topological polar surface area (TPSA) is 41.6 Å². The van der Waals surface area contributed by atoms with Gasteiger partial charge in [-0.15, -0.1) is 0 Å². The van der Waals surface area contributed by atoms with E-state index in [2.05, 4.69) is 46.6 Å². The average Bonchev–Trinajstić information content (AvgIpc) is 2.77. The minimum absolute atomic E-state index is 0.0790. The molecule has 0 aliphatic carbocycles. The summed E-state index contributed by atoms with van der Waals surface area (Å²) in [7, 11) is 1.67. The molecule has 3 aromatic rings. The zero-order valence-electron chi connectivity index (χ0n) is 17.2. The molecular weight excluding hydrogens is 360 g/mol. The quantitative estimate of drug-likeness (QED) is 0.690. The number of methoxy groups -OCH3 is 1. The monoisotopic (exact) mass is 388 g/mol. The second-order valence-electron chi connectivity index (χ2n) is 7.78. The third-order valence-corrected chi connectivity index (χ3v) is 5.90. The number of hydrogen-bond donors (Lipinski definition) is 1. The molecule has 3 aromatic carbocycles. The molecule has 1 aliphatic rings. The van der Waals surface area contributed by atoms with E-state index in [1.807, 2.05) is 31.2 Å². The van der Waals surface area contributed by atoms with E-state index in [1.165, 1.54) is 11.1 Å². The second kappa shape index (κ2) is 8.66. The Balaban J connectivity index is 1.32. The second-order valence-corrected chi connectivity index (χ2v) is 7.78. The van der Waals surface area contributed by atoms with E-state index in [1.54, 1.807) is 7.11 Å². The molecule has 1 aliphatic heterocycles. The van der Waals surface area contributed by atoms with Crippen LogP contribution in [0.5, 0.6) is 5.75 Å². The lowest BCUT2D eigenvalue weighted by Crippen LogP contribution is -2.38. The molecule has 0 fully saturated rings. The standard InChI is InChI=1S/C25H28N2O2/c1-18(20-7-8-22-16-24(29-2)10-9-21(22)15-20)25(28)26-12-14-27-13-11-19-5-3-4-6-23(19)17-27/h3-10,15-16,18H,11-14,17H2,1-2H3,(H,26,28)/t18-/m0/s1. The van der Waals surface area contributed by atoms with Gasteiger partial charge in [0.2, 0.25) is 5.91 Å². The zero-order valence-corrected chi connectivity index (χ0v) is 17.2. The fourth-order valence-electron chi connectivity index (χ4n) is 4.03. The highest BCUT2D eigenvalue weighted by Gasteiger charge is 2.18. The molecule has 1 amide bonds. The van der Waals surface area contributed by atoms with Crippen molar-refractivity contribution in [2.24, 2.45) is 0 Å². The first-order valence-electron chi connectivity index (χ1n) is 10.3. The van der Waals surface area contributed by atoms with Gasteiger partial charge in [0.25, 0.3) is 0 Å². The number of amides is 1. The van der Waals surface area contributed by atoms with Crippen LogP contribution in [0.3, 0.4) is 0 Å². The number of fused-ring (bicyclic) bond motifs is 2. The van der Waals surface area contributed by atoms with E-state index in [0.29, 0.717) is 6.54 Å². The van der Waals surface area contributed by atoms with Crippen LogP contribution in [0.15, 0.2) is 60.7 Å². The molecular formula is C25H28N2O2. The summed E-state index contributed by atoms with van der Waals surface area (Å²) < 4.78 is 5.28. The molecule has 0 radical (unpaired) electrons. The Kier molecular flexibility index (Phi) is 5.81. The number of rotatable bonds is 6. The van der Waals surface area contributed by atoms with Crippen molar-refractivity contribution in [1.82, 2.24) is 10.2 Å². The third-order valence-electron chi connectivity index (χ3n) is 5.90. The molecule has 4 nitrogen and oxygen atoms in total. The molecule has 1 N–H and O–H groups in total. The van der Waals surface area contributed by atoms with Gasteiger partial charge in [0.1, 0.15) is 5.75 Å². The van der Waals surface area contributed by atoms with Crippen molar-refractivity contribution in [1.29, 1.82) is 0 Å². The van der Waals surface area contributed by atoms with Gasteiger partial charge >= 0.3 is 0 Å². The van der Waals surface area contributed by atoms with Crippen LogP contribution in [0, 0.1) is 0 Å². The van der Waals surface area contributed by atoms with Crippen LogP contribution in [-0.2, 0) is 17.8 Å². The van der Waals surface area contributed by atoms with Crippen LogP contribution < -0.4 is 10.1 Å². The predicted molar refractivity (Wildman–Crippen MR) is 117 cm³/mol. The van der Waals surface area contributed by atoms with Crippen molar-refractivity contribution in [3.8, 4) is 5.75 Å². The Hall–Kier alpha value is -2.85. The number of nitrogens with one attached hydrogen (secondary N) is 1. The van der Waals surface area contributed by atoms with Gasteiger partial charge in [-0.3, -0.25) is 9.69 Å². The SMILES string of the molecule is COc1ccc2cc([C@H](C)C(=O)NCCN3CCc4ccccc4C3)ccc2c1. The van der Waals surface area contributed by atoms with E-state index in [0.717, 1.165) is 48.1 Å². The number of nitrogens with zero attached hydrogens (tertiary/aromatic N) is 1. The molecule has 4 rings (SSSR count). The van der Waals surface area contributed by atoms with Crippen molar-refractivity contribution in [3.05, 3.63) is 77.4 Å². The highest BCUT2D eigenvalue weighted by Crippen LogP contribution is 2.25. The third kappa shape index (κ3) is 4.43. The van der Waals surface area contributed by atoms with E-state index in [9.17, 15) is 4.79 Å². The molecule has 0 unspecified atom stereocenters. The number of ether oxygens (including phenoxy) is 1. The largest absolute Gasteiger partial charge is 0.497 e. The number of carbonyl (C=O) groups excluding carboxylic acids is 1. The maximum Gasteiger partial charge on any atom is 0.227 e. The first-order chi connectivity index (χ1) is 14.1. The highest BCUT2D eigenvalue weighted by atomic mass is 16.5. The van der Waals surface area contributed by atoms with Crippen LogP contribution in [0.4, 0.5) is 0 Å². The molecule has 0 bridgehead atoms. The number of carbonyl (C=O) groups is 1. The van der Waals surface area contributed by atoms with E-state index in [-0.39, 0.29) is 11.8 Å². The van der Waals surface area contributed by atoms with Gasteiger partial charge in [-0.25, -0.2) is 0 Å². The molecule has 0 saturated carbocycles. The van der Waals surface area contributed by atoms with Crippen molar-refractivity contribution >= 4 is 16.7 Å². The summed E-state index contributed by atoms with van der Waals surface area (Å²) in [5.74, 6) is 0.746. The smallest absolute Gasteiger partial charge is 0.227 e. The fraction of sp³-hybridized carbons (Fsp3) is 0.320. The van der Waals surface area contributed by atoms with E-state index >= 15 is 0 Å². The molecule has 1 heterocycles.